The van der Waals surface area contributed by atoms with Crippen LogP contribution in [0, 0.1) is 5.82 Å². The number of carbonyl (C=O) groups excluding carboxylic acids is 1. The zero-order valence-corrected chi connectivity index (χ0v) is 16.1. The molecular weight excluding hydrogens is 407 g/mol. The molecule has 1 unspecified atom stereocenters. The Bertz CT molecular complexity index is 1120. The van der Waals surface area contributed by atoms with Gasteiger partial charge in [-0.05, 0) is 29.8 Å². The molecule has 1 amide bonds. The van der Waals surface area contributed by atoms with Gasteiger partial charge in [-0.1, -0.05) is 23.7 Å². The summed E-state index contributed by atoms with van der Waals surface area (Å²) in [5, 5.41) is 12.1. The van der Waals surface area contributed by atoms with Gasteiger partial charge in [0.1, 0.15) is 11.4 Å². The molecule has 2 aromatic carbocycles. The molecule has 6 nitrogen and oxygen atoms in total. The van der Waals surface area contributed by atoms with E-state index in [-0.39, 0.29) is 40.3 Å². The topological polar surface area (TPSA) is 99.3 Å². The van der Waals surface area contributed by atoms with Gasteiger partial charge in [-0.3, -0.25) is 13.8 Å². The van der Waals surface area contributed by atoms with E-state index in [1.54, 1.807) is 24.3 Å². The van der Waals surface area contributed by atoms with Crippen molar-refractivity contribution in [1.82, 2.24) is 10.3 Å². The van der Waals surface area contributed by atoms with Gasteiger partial charge in [0.2, 0.25) is 5.43 Å². The predicted molar refractivity (Wildman–Crippen MR) is 106 cm³/mol. The molecule has 3 aromatic rings. The van der Waals surface area contributed by atoms with Crippen molar-refractivity contribution in [2.24, 2.45) is 0 Å². The third kappa shape index (κ3) is 4.30. The average Bonchev–Trinajstić information content (AvgIpc) is 2.67. The molecule has 1 aromatic heterocycles. The van der Waals surface area contributed by atoms with Crippen molar-refractivity contribution >= 4 is 39.2 Å². The zero-order chi connectivity index (χ0) is 20.3. The van der Waals surface area contributed by atoms with Crippen LogP contribution < -0.4 is 10.7 Å². The maximum Gasteiger partial charge on any atom is 0.257 e. The van der Waals surface area contributed by atoms with Crippen molar-refractivity contribution in [2.75, 3.05) is 12.4 Å². The highest BCUT2D eigenvalue weighted by Gasteiger charge is 2.18. The lowest BCUT2D eigenvalue weighted by atomic mass is 10.1. The van der Waals surface area contributed by atoms with E-state index in [4.69, 9.17) is 16.7 Å². The summed E-state index contributed by atoms with van der Waals surface area (Å²) in [6.07, 6.45) is 1.21. The highest BCUT2D eigenvalue weighted by atomic mass is 35.5. The molecule has 9 heteroatoms. The molecule has 1 atom stereocenters. The van der Waals surface area contributed by atoms with Crippen LogP contribution in [-0.2, 0) is 17.3 Å². The lowest BCUT2D eigenvalue weighted by Gasteiger charge is -2.09. The normalized spacial score (nSPS) is 12.1. The predicted octanol–water partition coefficient (Wildman–Crippen LogP) is 2.35. The van der Waals surface area contributed by atoms with E-state index >= 15 is 0 Å². The Kier molecular flexibility index (Phi) is 6.23. The van der Waals surface area contributed by atoms with Crippen LogP contribution in [0.1, 0.15) is 15.9 Å². The molecule has 3 rings (SSSR count). The molecule has 146 valence electrons. The van der Waals surface area contributed by atoms with Gasteiger partial charge < -0.3 is 15.4 Å². The number of aliphatic hydroxyl groups excluding tert-OH is 1. The SMILES string of the molecule is O=C(NCc1ccc(Cl)cc1)c1c[nH]c2c(S(=O)CCO)cc(F)cc2c1=O. The van der Waals surface area contributed by atoms with Gasteiger partial charge in [-0.15, -0.1) is 0 Å². The van der Waals surface area contributed by atoms with Gasteiger partial charge in [-0.2, -0.15) is 0 Å². The highest BCUT2D eigenvalue weighted by Crippen LogP contribution is 2.20. The van der Waals surface area contributed by atoms with Crippen LogP contribution in [-0.4, -0.2) is 32.6 Å². The van der Waals surface area contributed by atoms with E-state index in [1.165, 1.54) is 6.20 Å². The van der Waals surface area contributed by atoms with Crippen LogP contribution >= 0.6 is 11.6 Å². The number of rotatable bonds is 6. The molecule has 0 radical (unpaired) electrons. The second kappa shape index (κ2) is 8.64. The van der Waals surface area contributed by atoms with Crippen LogP contribution in [0.3, 0.4) is 0 Å². The molecule has 0 bridgehead atoms. The number of hydrogen-bond donors (Lipinski definition) is 3. The zero-order valence-electron chi connectivity index (χ0n) is 14.5. The first kappa shape index (κ1) is 20.2. The molecule has 0 spiro atoms. The maximum atomic E-state index is 14.0. The van der Waals surface area contributed by atoms with Crippen LogP contribution in [0.2, 0.25) is 5.02 Å². The number of nitrogens with one attached hydrogen (secondary N) is 2. The minimum Gasteiger partial charge on any atom is -0.395 e. The van der Waals surface area contributed by atoms with Gasteiger partial charge in [-0.25, -0.2) is 4.39 Å². The summed E-state index contributed by atoms with van der Waals surface area (Å²) in [7, 11) is -1.70. The Morgan fingerprint density at radius 2 is 1.96 bits per heavy atom. The van der Waals surface area contributed by atoms with E-state index in [9.17, 15) is 18.2 Å². The standard InChI is InChI=1S/C19H16ClFN2O4S/c20-12-3-1-11(2-4-12)9-23-19(26)15-10-22-17-14(18(15)25)7-13(21)8-16(17)28(27)6-5-24/h1-4,7-8,10,24H,5-6,9H2,(H,22,25)(H,23,26). The fourth-order valence-corrected chi connectivity index (χ4v) is 3.84. The third-order valence-corrected chi connectivity index (χ3v) is 5.67. The van der Waals surface area contributed by atoms with E-state index in [0.717, 1.165) is 17.7 Å². The summed E-state index contributed by atoms with van der Waals surface area (Å²) < 4.78 is 26.1. The number of carbonyl (C=O) groups is 1. The lowest BCUT2D eigenvalue weighted by Crippen LogP contribution is -2.28. The summed E-state index contributed by atoms with van der Waals surface area (Å²) in [4.78, 5) is 27.9. The van der Waals surface area contributed by atoms with E-state index < -0.39 is 28.0 Å². The summed E-state index contributed by atoms with van der Waals surface area (Å²) in [6.45, 7) is -0.164. The fraction of sp³-hybridized carbons (Fsp3) is 0.158. The lowest BCUT2D eigenvalue weighted by molar-refractivity contribution is 0.0949. The second-order valence-corrected chi connectivity index (χ2v) is 7.92. The van der Waals surface area contributed by atoms with Crippen molar-refractivity contribution in [3.63, 3.8) is 0 Å². The number of halogens is 2. The molecule has 28 heavy (non-hydrogen) atoms. The van der Waals surface area contributed by atoms with E-state index in [2.05, 4.69) is 10.3 Å². The van der Waals surface area contributed by atoms with Crippen LogP contribution in [0.4, 0.5) is 4.39 Å². The number of amides is 1. The Labute approximate surface area is 166 Å². The first-order valence-corrected chi connectivity index (χ1v) is 9.97. The summed E-state index contributed by atoms with van der Waals surface area (Å²) in [6, 6.07) is 8.89. The van der Waals surface area contributed by atoms with Crippen molar-refractivity contribution < 1.29 is 18.5 Å². The molecule has 0 aliphatic rings. The van der Waals surface area contributed by atoms with Gasteiger partial charge in [0.25, 0.3) is 5.91 Å². The molecular formula is C19H16ClFN2O4S. The summed E-state index contributed by atoms with van der Waals surface area (Å²) in [5.74, 6) is -1.47. The Morgan fingerprint density at radius 1 is 1.25 bits per heavy atom. The Balaban J connectivity index is 1.93. The smallest absolute Gasteiger partial charge is 0.257 e. The molecule has 0 saturated heterocycles. The van der Waals surface area contributed by atoms with E-state index in [1.807, 2.05) is 0 Å². The summed E-state index contributed by atoms with van der Waals surface area (Å²) >= 11 is 5.82. The second-order valence-electron chi connectivity index (χ2n) is 5.94. The Morgan fingerprint density at radius 3 is 2.64 bits per heavy atom. The molecule has 1 heterocycles. The Hall–Kier alpha value is -2.55. The number of aromatic amines is 1. The van der Waals surface area contributed by atoms with Gasteiger partial charge >= 0.3 is 0 Å². The number of pyridine rings is 1. The first-order valence-electron chi connectivity index (χ1n) is 8.27. The maximum absolute atomic E-state index is 14.0. The van der Waals surface area contributed by atoms with E-state index in [0.29, 0.717) is 5.02 Å². The summed E-state index contributed by atoms with van der Waals surface area (Å²) in [5.41, 5.74) is 0.102. The molecule has 0 aliphatic heterocycles. The quantitative estimate of drug-likeness (QED) is 0.567. The molecule has 0 fully saturated rings. The monoisotopic (exact) mass is 422 g/mol. The number of hydrogen-bond acceptors (Lipinski definition) is 4. The average molecular weight is 423 g/mol. The van der Waals surface area contributed by atoms with Crippen LogP contribution in [0.5, 0.6) is 0 Å². The minimum atomic E-state index is -1.70. The van der Waals surface area contributed by atoms with Crippen LogP contribution in [0.25, 0.3) is 10.9 Å². The van der Waals surface area contributed by atoms with Crippen molar-refractivity contribution in [2.45, 2.75) is 11.4 Å². The van der Waals surface area contributed by atoms with Crippen molar-refractivity contribution in [3.05, 3.63) is 74.8 Å². The third-order valence-electron chi connectivity index (χ3n) is 4.05. The molecule has 3 N–H and O–H groups in total. The van der Waals surface area contributed by atoms with Crippen molar-refractivity contribution in [3.8, 4) is 0 Å². The van der Waals surface area contributed by atoms with Gasteiger partial charge in [0, 0.05) is 17.8 Å². The van der Waals surface area contributed by atoms with Gasteiger partial charge in [0.15, 0.2) is 0 Å². The minimum absolute atomic E-state index is 0.0641. The number of aromatic nitrogens is 1. The fourth-order valence-electron chi connectivity index (χ4n) is 2.69. The van der Waals surface area contributed by atoms with Crippen LogP contribution in [0.15, 0.2) is 52.3 Å². The number of fused-ring (bicyclic) bond motifs is 1. The number of aliphatic hydroxyl groups is 1. The first-order chi connectivity index (χ1) is 13.4. The highest BCUT2D eigenvalue weighted by molar-refractivity contribution is 7.85. The molecule has 0 saturated carbocycles. The largest absolute Gasteiger partial charge is 0.395 e. The number of H-pyrrole nitrogens is 1. The number of benzene rings is 2. The van der Waals surface area contributed by atoms with Gasteiger partial charge in [0.05, 0.1) is 39.0 Å². The van der Waals surface area contributed by atoms with Crippen molar-refractivity contribution in [1.29, 1.82) is 0 Å². The molecule has 0 aliphatic carbocycles.